The van der Waals surface area contributed by atoms with E-state index in [-0.39, 0.29) is 4.90 Å². The number of nitrogens with two attached hydrogens (primary N) is 1. The summed E-state index contributed by atoms with van der Waals surface area (Å²) in [5.41, 5.74) is 2.27. The Morgan fingerprint density at radius 1 is 1.13 bits per heavy atom. The molecule has 0 aromatic heterocycles. The number of carbonyl (C=O) groups excluding carboxylic acids is 1. The van der Waals surface area contributed by atoms with Crippen molar-refractivity contribution in [1.29, 1.82) is 0 Å². The third-order valence-corrected chi connectivity index (χ3v) is 5.53. The fourth-order valence-electron chi connectivity index (χ4n) is 1.83. The highest BCUT2D eigenvalue weighted by Crippen LogP contribution is 2.25. The van der Waals surface area contributed by atoms with E-state index in [1.165, 1.54) is 24.3 Å². The molecule has 0 aliphatic rings. The first-order chi connectivity index (χ1) is 10.8. The van der Waals surface area contributed by atoms with Crippen LogP contribution >= 0.6 is 27.5 Å². The van der Waals surface area contributed by atoms with Crippen LogP contribution in [-0.4, -0.2) is 20.9 Å². The lowest BCUT2D eigenvalue weighted by atomic mass is 10.3. The van der Waals surface area contributed by atoms with E-state index in [4.69, 9.17) is 17.4 Å². The number of hydrogen-bond donors (Lipinski definition) is 2. The van der Waals surface area contributed by atoms with Crippen molar-refractivity contribution >= 4 is 49.1 Å². The second kappa shape index (κ2) is 7.31. The van der Waals surface area contributed by atoms with E-state index in [9.17, 15) is 13.2 Å². The summed E-state index contributed by atoms with van der Waals surface area (Å²) >= 11 is 9.07. The Bertz CT molecular complexity index is 795. The Kier molecular flexibility index (Phi) is 5.64. The third-order valence-electron chi connectivity index (χ3n) is 2.96. The van der Waals surface area contributed by atoms with Crippen LogP contribution in [0, 0.1) is 0 Å². The smallest absolute Gasteiger partial charge is 0.264 e. The largest absolute Gasteiger partial charge is 0.293 e. The van der Waals surface area contributed by atoms with E-state index < -0.39 is 22.5 Å². The minimum atomic E-state index is -3.95. The zero-order valence-electron chi connectivity index (χ0n) is 11.7. The first kappa shape index (κ1) is 17.7. The number of hydrazine groups is 1. The summed E-state index contributed by atoms with van der Waals surface area (Å²) in [7, 11) is -3.95. The van der Waals surface area contributed by atoms with Crippen LogP contribution in [0.2, 0.25) is 5.02 Å². The van der Waals surface area contributed by atoms with Crippen molar-refractivity contribution in [1.82, 2.24) is 5.43 Å². The summed E-state index contributed by atoms with van der Waals surface area (Å²) in [4.78, 5) is 11.6. The summed E-state index contributed by atoms with van der Waals surface area (Å²) in [6.07, 6.45) is 0. The van der Waals surface area contributed by atoms with Crippen molar-refractivity contribution in [2.75, 3.05) is 10.8 Å². The van der Waals surface area contributed by atoms with Crippen LogP contribution in [0.5, 0.6) is 0 Å². The number of hydrogen-bond acceptors (Lipinski definition) is 4. The van der Waals surface area contributed by atoms with Gasteiger partial charge in [-0.3, -0.25) is 14.5 Å². The van der Waals surface area contributed by atoms with Crippen LogP contribution in [0.1, 0.15) is 0 Å². The molecule has 6 nitrogen and oxygen atoms in total. The molecule has 0 radical (unpaired) electrons. The molecular weight excluding hydrogens is 406 g/mol. The lowest BCUT2D eigenvalue weighted by Crippen LogP contribution is -2.43. The second-order valence-electron chi connectivity index (χ2n) is 4.51. The molecule has 2 aromatic rings. The van der Waals surface area contributed by atoms with Crippen molar-refractivity contribution < 1.29 is 13.2 Å². The molecule has 0 bridgehead atoms. The molecule has 23 heavy (non-hydrogen) atoms. The lowest BCUT2D eigenvalue weighted by molar-refractivity contribution is -0.119. The average molecular weight is 419 g/mol. The molecule has 0 saturated heterocycles. The summed E-state index contributed by atoms with van der Waals surface area (Å²) in [6, 6.07) is 12.2. The molecule has 9 heteroatoms. The molecule has 0 aliphatic heterocycles. The van der Waals surface area contributed by atoms with Crippen molar-refractivity contribution in [2.45, 2.75) is 4.90 Å². The van der Waals surface area contributed by atoms with Crippen LogP contribution in [-0.2, 0) is 14.8 Å². The highest BCUT2D eigenvalue weighted by Gasteiger charge is 2.26. The van der Waals surface area contributed by atoms with E-state index >= 15 is 0 Å². The second-order valence-corrected chi connectivity index (χ2v) is 7.72. The van der Waals surface area contributed by atoms with Crippen molar-refractivity contribution in [2.24, 2.45) is 5.84 Å². The Hall–Kier alpha value is -1.61. The number of halogens is 2. The number of carbonyl (C=O) groups is 1. The molecule has 0 fully saturated rings. The van der Waals surface area contributed by atoms with Gasteiger partial charge < -0.3 is 0 Å². The molecule has 2 aromatic carbocycles. The predicted molar refractivity (Wildman–Crippen MR) is 92.5 cm³/mol. The molecule has 0 aliphatic carbocycles. The Balaban J connectivity index is 2.49. The number of rotatable bonds is 5. The highest BCUT2D eigenvalue weighted by atomic mass is 79.9. The number of anilines is 1. The molecule has 0 spiro atoms. The van der Waals surface area contributed by atoms with Crippen LogP contribution in [0.4, 0.5) is 5.69 Å². The lowest BCUT2D eigenvalue weighted by Gasteiger charge is -2.23. The molecule has 0 heterocycles. The van der Waals surface area contributed by atoms with Gasteiger partial charge in [-0.2, -0.15) is 0 Å². The monoisotopic (exact) mass is 417 g/mol. The summed E-state index contributed by atoms with van der Waals surface area (Å²) < 4.78 is 27.4. The standard InChI is InChI=1S/C14H13BrClN3O3S/c15-10-1-5-12(6-2-10)19(9-14(20)18-17)23(21,22)13-7-3-11(16)4-8-13/h1-8H,9,17H2,(H,18,20). The summed E-state index contributed by atoms with van der Waals surface area (Å²) in [6.45, 7) is -0.441. The van der Waals surface area contributed by atoms with Gasteiger partial charge in [-0.15, -0.1) is 0 Å². The van der Waals surface area contributed by atoms with Gasteiger partial charge in [-0.05, 0) is 48.5 Å². The molecule has 0 unspecified atom stereocenters. The van der Waals surface area contributed by atoms with E-state index in [0.29, 0.717) is 10.7 Å². The molecule has 2 rings (SSSR count). The SMILES string of the molecule is NNC(=O)CN(c1ccc(Br)cc1)S(=O)(=O)c1ccc(Cl)cc1. The predicted octanol–water partition coefficient (Wildman–Crippen LogP) is 2.29. The first-order valence-corrected chi connectivity index (χ1v) is 8.99. The van der Waals surface area contributed by atoms with Crippen molar-refractivity contribution in [3.63, 3.8) is 0 Å². The molecule has 122 valence electrons. The molecule has 0 saturated carbocycles. The topological polar surface area (TPSA) is 92.5 Å². The maximum Gasteiger partial charge on any atom is 0.264 e. The third kappa shape index (κ3) is 4.23. The first-order valence-electron chi connectivity index (χ1n) is 6.38. The number of benzene rings is 2. The Morgan fingerprint density at radius 2 is 1.70 bits per heavy atom. The fourth-order valence-corrected chi connectivity index (χ4v) is 3.64. The van der Waals surface area contributed by atoms with Gasteiger partial charge in [-0.25, -0.2) is 14.3 Å². The number of nitrogens with one attached hydrogen (secondary N) is 1. The number of amides is 1. The molecule has 3 N–H and O–H groups in total. The summed E-state index contributed by atoms with van der Waals surface area (Å²) in [5.74, 6) is 4.44. The fraction of sp³-hybridized carbons (Fsp3) is 0.0714. The van der Waals surface area contributed by atoms with E-state index in [2.05, 4.69) is 15.9 Å². The van der Waals surface area contributed by atoms with Crippen LogP contribution in [0.25, 0.3) is 0 Å². The van der Waals surface area contributed by atoms with E-state index in [1.54, 1.807) is 24.3 Å². The number of nitrogens with zero attached hydrogens (tertiary/aromatic N) is 1. The van der Waals surface area contributed by atoms with Gasteiger partial charge in [0, 0.05) is 9.50 Å². The van der Waals surface area contributed by atoms with Crippen LogP contribution < -0.4 is 15.6 Å². The molecule has 1 amide bonds. The molecular formula is C14H13BrClN3O3S. The van der Waals surface area contributed by atoms with Crippen LogP contribution in [0.3, 0.4) is 0 Å². The highest BCUT2D eigenvalue weighted by molar-refractivity contribution is 9.10. The van der Waals surface area contributed by atoms with Gasteiger partial charge >= 0.3 is 0 Å². The minimum Gasteiger partial charge on any atom is -0.293 e. The van der Waals surface area contributed by atoms with Crippen molar-refractivity contribution in [3.05, 3.63) is 58.0 Å². The average Bonchev–Trinajstić information content (AvgIpc) is 2.53. The zero-order chi connectivity index (χ0) is 17.0. The Labute approximate surface area is 147 Å². The normalized spacial score (nSPS) is 11.1. The maximum atomic E-state index is 12.8. The summed E-state index contributed by atoms with van der Waals surface area (Å²) in [5, 5.41) is 0.416. The maximum absolute atomic E-state index is 12.8. The quantitative estimate of drug-likeness (QED) is 0.443. The van der Waals surface area contributed by atoms with E-state index in [0.717, 1.165) is 8.78 Å². The van der Waals surface area contributed by atoms with Gasteiger partial charge in [0.2, 0.25) is 0 Å². The van der Waals surface area contributed by atoms with Gasteiger partial charge in [0.1, 0.15) is 6.54 Å². The zero-order valence-corrected chi connectivity index (χ0v) is 14.9. The van der Waals surface area contributed by atoms with Crippen LogP contribution in [0.15, 0.2) is 57.9 Å². The Morgan fingerprint density at radius 3 is 2.22 bits per heavy atom. The number of sulfonamides is 1. The molecule has 0 atom stereocenters. The van der Waals surface area contributed by atoms with Gasteiger partial charge in [0.15, 0.2) is 0 Å². The minimum absolute atomic E-state index is 0.0228. The van der Waals surface area contributed by atoms with Gasteiger partial charge in [0.25, 0.3) is 15.9 Å². The van der Waals surface area contributed by atoms with E-state index in [1.807, 2.05) is 5.43 Å². The van der Waals surface area contributed by atoms with Gasteiger partial charge in [0.05, 0.1) is 10.6 Å². The van der Waals surface area contributed by atoms with Crippen molar-refractivity contribution in [3.8, 4) is 0 Å². The van der Waals surface area contributed by atoms with Gasteiger partial charge in [-0.1, -0.05) is 27.5 Å².